The van der Waals surface area contributed by atoms with Crippen LogP contribution < -0.4 is 0 Å². The highest BCUT2D eigenvalue weighted by Crippen LogP contribution is 1.89. The van der Waals surface area contributed by atoms with Crippen molar-refractivity contribution in [1.82, 2.24) is 0 Å². The van der Waals surface area contributed by atoms with Crippen molar-refractivity contribution in [2.24, 2.45) is 0 Å². The third-order valence-corrected chi connectivity index (χ3v) is 1.36. The van der Waals surface area contributed by atoms with Crippen LogP contribution in [0.1, 0.15) is 0 Å². The zero-order chi connectivity index (χ0) is 8.04. The highest BCUT2D eigenvalue weighted by molar-refractivity contribution is 7.86. The van der Waals surface area contributed by atoms with Gasteiger partial charge < -0.3 is 9.84 Å². The number of rotatable bonds is 5. The molecule has 0 heterocycles. The predicted molar refractivity (Wildman–Crippen MR) is 32.8 cm³/mol. The summed E-state index contributed by atoms with van der Waals surface area (Å²) in [4.78, 5) is 0. The van der Waals surface area contributed by atoms with Gasteiger partial charge >= 0.3 is 10.2 Å². The molecule has 0 amide bonds. The first-order valence-corrected chi connectivity index (χ1v) is 4.22. The van der Waals surface area contributed by atoms with Crippen LogP contribution in [0.15, 0.2) is 0 Å². The van der Waals surface area contributed by atoms with Crippen LogP contribution in [0.2, 0.25) is 0 Å². The van der Waals surface area contributed by atoms with Gasteiger partial charge in [-0.15, -0.1) is 3.89 Å². The van der Waals surface area contributed by atoms with Crippen molar-refractivity contribution in [3.05, 3.63) is 0 Å². The maximum atomic E-state index is 11.6. The first-order valence-electron chi connectivity index (χ1n) is 2.67. The zero-order valence-corrected chi connectivity index (χ0v) is 6.10. The van der Waals surface area contributed by atoms with Gasteiger partial charge in [0.05, 0.1) is 19.8 Å². The molecule has 0 fully saturated rings. The van der Waals surface area contributed by atoms with Crippen molar-refractivity contribution in [2.45, 2.75) is 0 Å². The summed E-state index contributed by atoms with van der Waals surface area (Å²) in [6, 6.07) is 0. The van der Waals surface area contributed by atoms with E-state index in [-0.39, 0.29) is 19.8 Å². The fourth-order valence-corrected chi connectivity index (χ4v) is 0.642. The smallest absolute Gasteiger partial charge is 0.304 e. The Hall–Kier alpha value is -0.200. The fourth-order valence-electron chi connectivity index (χ4n) is 0.325. The van der Waals surface area contributed by atoms with Gasteiger partial charge in [-0.2, -0.15) is 8.42 Å². The molecule has 0 spiro atoms. The molecule has 0 aromatic carbocycles. The van der Waals surface area contributed by atoms with Crippen molar-refractivity contribution < 1.29 is 22.1 Å². The standard InChI is InChI=1S/C4H9FO4S/c5-10(7,8)4-3-9-2-1-6/h6H,1-4H2. The first-order chi connectivity index (χ1) is 4.56. The van der Waals surface area contributed by atoms with Crippen LogP contribution in [0.4, 0.5) is 3.89 Å². The molecule has 62 valence electrons. The second kappa shape index (κ2) is 4.59. The first kappa shape index (κ1) is 9.80. The molecule has 0 rings (SSSR count). The lowest BCUT2D eigenvalue weighted by Gasteiger charge is -1.96. The normalized spacial score (nSPS) is 11.8. The summed E-state index contributed by atoms with van der Waals surface area (Å²) in [6.45, 7) is -0.360. The summed E-state index contributed by atoms with van der Waals surface area (Å²) >= 11 is 0. The Bertz CT molecular complexity index is 164. The lowest BCUT2D eigenvalue weighted by atomic mass is 10.7. The van der Waals surface area contributed by atoms with E-state index in [1.54, 1.807) is 0 Å². The highest BCUT2D eigenvalue weighted by atomic mass is 32.3. The molecule has 0 aromatic heterocycles. The van der Waals surface area contributed by atoms with Gasteiger partial charge in [0, 0.05) is 0 Å². The van der Waals surface area contributed by atoms with Gasteiger partial charge in [0.25, 0.3) is 0 Å². The van der Waals surface area contributed by atoms with E-state index in [2.05, 4.69) is 4.74 Å². The van der Waals surface area contributed by atoms with E-state index in [9.17, 15) is 12.3 Å². The minimum Gasteiger partial charge on any atom is -0.394 e. The van der Waals surface area contributed by atoms with Gasteiger partial charge in [0.2, 0.25) is 0 Å². The molecule has 0 aliphatic rings. The summed E-state index contributed by atoms with van der Waals surface area (Å²) in [5.41, 5.74) is 0. The quantitative estimate of drug-likeness (QED) is 0.439. The van der Waals surface area contributed by atoms with Crippen molar-refractivity contribution in [3.8, 4) is 0 Å². The molecular formula is C4H9FO4S. The van der Waals surface area contributed by atoms with Crippen LogP contribution in [0.25, 0.3) is 0 Å². The van der Waals surface area contributed by atoms with Crippen LogP contribution in [-0.2, 0) is 15.0 Å². The Balaban J connectivity index is 3.21. The van der Waals surface area contributed by atoms with Gasteiger partial charge in [0.15, 0.2) is 0 Å². The van der Waals surface area contributed by atoms with E-state index in [1.165, 1.54) is 0 Å². The van der Waals surface area contributed by atoms with Crippen molar-refractivity contribution in [3.63, 3.8) is 0 Å². The second-order valence-electron chi connectivity index (χ2n) is 1.58. The Kier molecular flexibility index (Phi) is 4.50. The Morgan fingerprint density at radius 1 is 1.40 bits per heavy atom. The van der Waals surface area contributed by atoms with Crippen molar-refractivity contribution in [2.75, 3.05) is 25.6 Å². The molecule has 0 saturated carbocycles. The summed E-state index contributed by atoms with van der Waals surface area (Å²) in [5, 5.41) is 8.13. The number of aliphatic hydroxyl groups excluding tert-OH is 1. The number of aliphatic hydroxyl groups is 1. The van der Waals surface area contributed by atoms with Crippen LogP contribution in [-0.4, -0.2) is 39.1 Å². The molecule has 4 nitrogen and oxygen atoms in total. The van der Waals surface area contributed by atoms with Gasteiger partial charge in [-0.3, -0.25) is 0 Å². The molecule has 0 atom stereocenters. The lowest BCUT2D eigenvalue weighted by Crippen LogP contribution is -2.09. The molecule has 1 N–H and O–H groups in total. The molecule has 10 heavy (non-hydrogen) atoms. The number of hydrogen-bond acceptors (Lipinski definition) is 4. The maximum Gasteiger partial charge on any atom is 0.304 e. The maximum absolute atomic E-state index is 11.6. The van der Waals surface area contributed by atoms with E-state index in [0.717, 1.165) is 0 Å². The summed E-state index contributed by atoms with van der Waals surface area (Å²) in [6.07, 6.45) is 0. The largest absolute Gasteiger partial charge is 0.394 e. The van der Waals surface area contributed by atoms with E-state index in [4.69, 9.17) is 5.11 Å². The second-order valence-corrected chi connectivity index (χ2v) is 3.06. The average molecular weight is 172 g/mol. The van der Waals surface area contributed by atoms with Crippen molar-refractivity contribution in [1.29, 1.82) is 0 Å². The number of ether oxygens (including phenoxy) is 1. The SMILES string of the molecule is O=S(=O)(F)CCOCCO. The minimum atomic E-state index is -4.41. The minimum absolute atomic E-state index is 0.0372. The molecular weight excluding hydrogens is 163 g/mol. The Morgan fingerprint density at radius 2 is 2.00 bits per heavy atom. The van der Waals surface area contributed by atoms with Crippen LogP contribution in [0.5, 0.6) is 0 Å². The topological polar surface area (TPSA) is 63.6 Å². The van der Waals surface area contributed by atoms with E-state index >= 15 is 0 Å². The van der Waals surface area contributed by atoms with Gasteiger partial charge in [-0.05, 0) is 0 Å². The molecule has 6 heteroatoms. The summed E-state index contributed by atoms with van der Waals surface area (Å²) in [5.74, 6) is -0.646. The Morgan fingerprint density at radius 3 is 2.40 bits per heavy atom. The molecule has 0 unspecified atom stereocenters. The fraction of sp³-hybridized carbons (Fsp3) is 1.00. The number of hydrogen-bond donors (Lipinski definition) is 1. The molecule has 0 bridgehead atoms. The molecule has 0 saturated heterocycles. The van der Waals surface area contributed by atoms with Crippen LogP contribution in [0, 0.1) is 0 Å². The average Bonchev–Trinajstić information content (AvgIpc) is 1.78. The van der Waals surface area contributed by atoms with E-state index < -0.39 is 16.0 Å². The summed E-state index contributed by atoms with van der Waals surface area (Å²) in [7, 11) is -4.41. The molecule has 0 aliphatic carbocycles. The van der Waals surface area contributed by atoms with Crippen LogP contribution in [0.3, 0.4) is 0 Å². The van der Waals surface area contributed by atoms with E-state index in [0.29, 0.717) is 0 Å². The molecule has 0 aliphatic heterocycles. The van der Waals surface area contributed by atoms with Gasteiger partial charge in [0.1, 0.15) is 5.75 Å². The molecule has 0 radical (unpaired) electrons. The van der Waals surface area contributed by atoms with E-state index in [1.807, 2.05) is 0 Å². The van der Waals surface area contributed by atoms with Gasteiger partial charge in [-0.1, -0.05) is 0 Å². The lowest BCUT2D eigenvalue weighted by molar-refractivity contribution is 0.102. The van der Waals surface area contributed by atoms with Crippen molar-refractivity contribution >= 4 is 10.2 Å². The Labute approximate surface area is 58.8 Å². The number of halogens is 1. The van der Waals surface area contributed by atoms with Gasteiger partial charge in [-0.25, -0.2) is 0 Å². The third kappa shape index (κ3) is 7.80. The zero-order valence-electron chi connectivity index (χ0n) is 5.29. The summed E-state index contributed by atoms with van der Waals surface area (Å²) < 4.78 is 35.7. The predicted octanol–water partition coefficient (Wildman–Crippen LogP) is -0.705. The molecule has 0 aromatic rings. The monoisotopic (exact) mass is 172 g/mol. The highest BCUT2D eigenvalue weighted by Gasteiger charge is 2.05. The van der Waals surface area contributed by atoms with Crippen LogP contribution >= 0.6 is 0 Å². The third-order valence-electron chi connectivity index (χ3n) is 0.707.